The predicted molar refractivity (Wildman–Crippen MR) is 57.8 cm³/mol. The molecule has 0 amide bonds. The Hall–Kier alpha value is -0.350. The van der Waals surface area contributed by atoms with E-state index in [1.165, 1.54) is 5.69 Å². The first-order valence-electron chi connectivity index (χ1n) is 4.43. The predicted octanol–water partition coefficient (Wildman–Crippen LogP) is 2.03. The molecule has 0 atom stereocenters. The van der Waals surface area contributed by atoms with Crippen LogP contribution < -0.4 is 5.32 Å². The number of hydrogen-bond acceptors (Lipinski definition) is 2. The molecule has 0 aliphatic rings. The number of nitrogens with zero attached hydrogens (tertiary/aromatic N) is 2. The second kappa shape index (κ2) is 4.24. The van der Waals surface area contributed by atoms with E-state index < -0.39 is 0 Å². The summed E-state index contributed by atoms with van der Waals surface area (Å²) in [6, 6.07) is 0. The smallest absolute Gasteiger partial charge is 0.127 e. The fraction of sp³-hybridized carbons (Fsp3) is 0.667. The van der Waals surface area contributed by atoms with Crippen LogP contribution >= 0.6 is 15.9 Å². The van der Waals surface area contributed by atoms with Crippen LogP contribution in [0.5, 0.6) is 0 Å². The van der Waals surface area contributed by atoms with Crippen LogP contribution in [0.1, 0.15) is 31.3 Å². The SMILES string of the molecule is CNCc1nc(Br)c(C(C)C)n1C. The quantitative estimate of drug-likeness (QED) is 0.884. The Kier molecular flexibility index (Phi) is 3.50. The molecular weight excluding hydrogens is 230 g/mol. The molecule has 3 nitrogen and oxygen atoms in total. The first-order valence-corrected chi connectivity index (χ1v) is 5.22. The number of halogens is 1. The molecule has 13 heavy (non-hydrogen) atoms. The van der Waals surface area contributed by atoms with Crippen molar-refractivity contribution >= 4 is 15.9 Å². The minimum Gasteiger partial charge on any atom is -0.333 e. The molecule has 74 valence electrons. The Morgan fingerprint density at radius 1 is 1.54 bits per heavy atom. The molecule has 4 heteroatoms. The van der Waals surface area contributed by atoms with Crippen molar-refractivity contribution in [1.82, 2.24) is 14.9 Å². The Balaban J connectivity index is 3.07. The monoisotopic (exact) mass is 245 g/mol. The van der Waals surface area contributed by atoms with Gasteiger partial charge in [0.1, 0.15) is 10.4 Å². The van der Waals surface area contributed by atoms with Crippen molar-refractivity contribution in [2.45, 2.75) is 26.3 Å². The minimum atomic E-state index is 0.498. The lowest BCUT2D eigenvalue weighted by Gasteiger charge is -2.08. The van der Waals surface area contributed by atoms with Crippen LogP contribution in [0.2, 0.25) is 0 Å². The van der Waals surface area contributed by atoms with Crippen molar-refractivity contribution < 1.29 is 0 Å². The molecule has 0 spiro atoms. The zero-order valence-electron chi connectivity index (χ0n) is 8.56. The highest BCUT2D eigenvalue weighted by atomic mass is 79.9. The molecule has 0 unspecified atom stereocenters. The summed E-state index contributed by atoms with van der Waals surface area (Å²) >= 11 is 3.48. The molecule has 0 aliphatic carbocycles. The number of aromatic nitrogens is 2. The van der Waals surface area contributed by atoms with Crippen molar-refractivity contribution in [3.8, 4) is 0 Å². The van der Waals surface area contributed by atoms with Gasteiger partial charge in [0.25, 0.3) is 0 Å². The molecule has 0 aliphatic heterocycles. The van der Waals surface area contributed by atoms with Gasteiger partial charge in [-0.2, -0.15) is 0 Å². The van der Waals surface area contributed by atoms with Crippen LogP contribution in [-0.4, -0.2) is 16.6 Å². The van der Waals surface area contributed by atoms with Crippen molar-refractivity contribution in [2.75, 3.05) is 7.05 Å². The topological polar surface area (TPSA) is 29.9 Å². The fourth-order valence-corrected chi connectivity index (χ4v) is 2.39. The Morgan fingerprint density at radius 2 is 2.15 bits per heavy atom. The van der Waals surface area contributed by atoms with Crippen LogP contribution in [0.15, 0.2) is 4.60 Å². The number of imidazole rings is 1. The van der Waals surface area contributed by atoms with Gasteiger partial charge >= 0.3 is 0 Å². The van der Waals surface area contributed by atoms with Crippen LogP contribution in [0, 0.1) is 0 Å². The fourth-order valence-electron chi connectivity index (χ4n) is 1.46. The first kappa shape index (κ1) is 10.7. The molecule has 1 rings (SSSR count). The van der Waals surface area contributed by atoms with Gasteiger partial charge in [-0.25, -0.2) is 4.98 Å². The van der Waals surface area contributed by atoms with Gasteiger partial charge in [0.05, 0.1) is 12.2 Å². The van der Waals surface area contributed by atoms with E-state index in [-0.39, 0.29) is 0 Å². The van der Waals surface area contributed by atoms with E-state index in [1.807, 2.05) is 7.05 Å². The summed E-state index contributed by atoms with van der Waals surface area (Å²) in [5.74, 6) is 1.57. The molecule has 0 bridgehead atoms. The second-order valence-corrected chi connectivity index (χ2v) is 4.20. The van der Waals surface area contributed by atoms with Gasteiger partial charge in [-0.3, -0.25) is 0 Å². The van der Waals surface area contributed by atoms with Gasteiger partial charge < -0.3 is 9.88 Å². The average Bonchev–Trinajstić information content (AvgIpc) is 2.28. The largest absolute Gasteiger partial charge is 0.333 e. The van der Waals surface area contributed by atoms with E-state index in [0.29, 0.717) is 5.92 Å². The van der Waals surface area contributed by atoms with Gasteiger partial charge in [0, 0.05) is 7.05 Å². The third-order valence-corrected chi connectivity index (χ3v) is 2.65. The summed E-state index contributed by atoms with van der Waals surface area (Å²) in [6.45, 7) is 5.15. The van der Waals surface area contributed by atoms with Crippen LogP contribution in [-0.2, 0) is 13.6 Å². The van der Waals surface area contributed by atoms with Gasteiger partial charge in [-0.15, -0.1) is 0 Å². The van der Waals surface area contributed by atoms with E-state index in [4.69, 9.17) is 0 Å². The Labute approximate surface area is 87.7 Å². The van der Waals surface area contributed by atoms with Crippen LogP contribution in [0.4, 0.5) is 0 Å². The Bertz CT molecular complexity index is 291. The first-order chi connectivity index (χ1) is 6.07. The molecule has 1 aromatic heterocycles. The van der Waals surface area contributed by atoms with Crippen LogP contribution in [0.3, 0.4) is 0 Å². The summed E-state index contributed by atoms with van der Waals surface area (Å²) in [6.07, 6.45) is 0. The molecule has 0 aromatic carbocycles. The maximum atomic E-state index is 4.44. The zero-order chi connectivity index (χ0) is 10.0. The molecule has 0 saturated carbocycles. The minimum absolute atomic E-state index is 0.498. The lowest BCUT2D eigenvalue weighted by Crippen LogP contribution is -2.11. The summed E-state index contributed by atoms with van der Waals surface area (Å²) in [7, 11) is 3.98. The number of nitrogens with one attached hydrogen (secondary N) is 1. The average molecular weight is 246 g/mol. The van der Waals surface area contributed by atoms with E-state index >= 15 is 0 Å². The summed E-state index contributed by atoms with van der Waals surface area (Å²) in [5.41, 5.74) is 1.25. The molecule has 0 saturated heterocycles. The standard InChI is InChI=1S/C9H16BrN3/c1-6(2)8-9(10)12-7(5-11-3)13(8)4/h6,11H,5H2,1-4H3. The van der Waals surface area contributed by atoms with Crippen molar-refractivity contribution in [1.29, 1.82) is 0 Å². The highest BCUT2D eigenvalue weighted by Gasteiger charge is 2.14. The van der Waals surface area contributed by atoms with E-state index in [0.717, 1.165) is 17.0 Å². The van der Waals surface area contributed by atoms with Gasteiger partial charge in [-0.05, 0) is 28.9 Å². The third kappa shape index (κ3) is 2.11. The van der Waals surface area contributed by atoms with Crippen molar-refractivity contribution in [3.63, 3.8) is 0 Å². The van der Waals surface area contributed by atoms with Gasteiger partial charge in [0.15, 0.2) is 0 Å². The summed E-state index contributed by atoms with van der Waals surface area (Å²) in [5, 5.41) is 3.10. The van der Waals surface area contributed by atoms with Gasteiger partial charge in [-0.1, -0.05) is 13.8 Å². The summed E-state index contributed by atoms with van der Waals surface area (Å²) < 4.78 is 3.11. The molecule has 1 aromatic rings. The molecular formula is C9H16BrN3. The number of hydrogen-bond donors (Lipinski definition) is 1. The van der Waals surface area contributed by atoms with E-state index in [1.54, 1.807) is 0 Å². The highest BCUT2D eigenvalue weighted by molar-refractivity contribution is 9.10. The zero-order valence-corrected chi connectivity index (χ0v) is 10.1. The maximum Gasteiger partial charge on any atom is 0.127 e. The Morgan fingerprint density at radius 3 is 2.54 bits per heavy atom. The lowest BCUT2D eigenvalue weighted by atomic mass is 10.1. The highest BCUT2D eigenvalue weighted by Crippen LogP contribution is 2.24. The second-order valence-electron chi connectivity index (χ2n) is 3.45. The summed E-state index contributed by atoms with van der Waals surface area (Å²) in [4.78, 5) is 4.44. The lowest BCUT2D eigenvalue weighted by molar-refractivity contribution is 0.668. The van der Waals surface area contributed by atoms with E-state index in [9.17, 15) is 0 Å². The van der Waals surface area contributed by atoms with E-state index in [2.05, 4.69) is 51.7 Å². The molecule has 1 N–H and O–H groups in total. The maximum absolute atomic E-state index is 4.44. The van der Waals surface area contributed by atoms with Crippen molar-refractivity contribution in [3.05, 3.63) is 16.1 Å². The van der Waals surface area contributed by atoms with Crippen molar-refractivity contribution in [2.24, 2.45) is 7.05 Å². The normalized spacial score (nSPS) is 11.2. The van der Waals surface area contributed by atoms with Crippen LogP contribution in [0.25, 0.3) is 0 Å². The van der Waals surface area contributed by atoms with Gasteiger partial charge in [0.2, 0.25) is 0 Å². The molecule has 0 radical (unpaired) electrons. The molecule has 0 fully saturated rings. The molecule has 1 heterocycles. The third-order valence-electron chi connectivity index (χ3n) is 2.07. The number of rotatable bonds is 3.